The first-order valence-corrected chi connectivity index (χ1v) is 9.40. The van der Waals surface area contributed by atoms with Crippen molar-refractivity contribution in [2.45, 2.75) is 50.3 Å². The van der Waals surface area contributed by atoms with Crippen molar-refractivity contribution >= 4 is 10.8 Å². The first-order valence-electron chi connectivity index (χ1n) is 8.01. The zero-order valence-corrected chi connectivity index (χ0v) is 14.0. The van der Waals surface area contributed by atoms with Gasteiger partial charge >= 0.3 is 0 Å². The molecule has 1 saturated carbocycles. The topological polar surface area (TPSA) is 38.3 Å². The minimum Gasteiger partial charge on any atom is -0.494 e. The molecule has 1 fully saturated rings. The molecular formula is C17H27NO2S. The molecule has 1 aliphatic carbocycles. The Balaban J connectivity index is 1.94. The van der Waals surface area contributed by atoms with Crippen molar-refractivity contribution < 1.29 is 8.95 Å². The lowest BCUT2D eigenvalue weighted by molar-refractivity contribution is 0.317. The third-order valence-electron chi connectivity index (χ3n) is 4.11. The summed E-state index contributed by atoms with van der Waals surface area (Å²) in [6.07, 6.45) is 5.76. The lowest BCUT2D eigenvalue weighted by Crippen LogP contribution is -2.26. The molecule has 0 heterocycles. The van der Waals surface area contributed by atoms with E-state index in [4.69, 9.17) is 4.74 Å². The molecule has 0 amide bonds. The Morgan fingerprint density at radius 3 is 2.52 bits per heavy atom. The van der Waals surface area contributed by atoms with Crippen LogP contribution < -0.4 is 10.1 Å². The van der Waals surface area contributed by atoms with E-state index in [1.807, 2.05) is 19.2 Å². The lowest BCUT2D eigenvalue weighted by Gasteiger charge is -2.19. The SMILES string of the molecule is CCCOc1ccc(C(CS(=O)C2CCCC2)NC)cc1. The molecule has 0 spiro atoms. The van der Waals surface area contributed by atoms with Crippen LogP contribution in [0.4, 0.5) is 0 Å². The number of nitrogens with one attached hydrogen (secondary N) is 1. The van der Waals surface area contributed by atoms with Gasteiger partial charge in [0.2, 0.25) is 0 Å². The summed E-state index contributed by atoms with van der Waals surface area (Å²) in [6.45, 7) is 2.85. The molecule has 2 atom stereocenters. The summed E-state index contributed by atoms with van der Waals surface area (Å²) in [5, 5.41) is 3.71. The molecule has 1 N–H and O–H groups in total. The van der Waals surface area contributed by atoms with Gasteiger partial charge in [0, 0.05) is 27.8 Å². The zero-order chi connectivity index (χ0) is 15.1. The minimum absolute atomic E-state index is 0.159. The zero-order valence-electron chi connectivity index (χ0n) is 13.1. The van der Waals surface area contributed by atoms with Gasteiger partial charge in [0.1, 0.15) is 5.75 Å². The standard InChI is InChI=1S/C17H27NO2S/c1-3-12-20-15-10-8-14(9-11-15)17(18-2)13-21(19)16-6-4-5-7-16/h8-11,16-18H,3-7,12-13H2,1-2H3. The number of benzene rings is 1. The predicted molar refractivity (Wildman–Crippen MR) is 89.3 cm³/mol. The smallest absolute Gasteiger partial charge is 0.119 e. The van der Waals surface area contributed by atoms with Gasteiger partial charge in [0.25, 0.3) is 0 Å². The van der Waals surface area contributed by atoms with Crippen LogP contribution in [0.1, 0.15) is 50.6 Å². The number of hydrogen-bond donors (Lipinski definition) is 1. The van der Waals surface area contributed by atoms with Crippen LogP contribution in [0, 0.1) is 0 Å². The Labute approximate surface area is 130 Å². The van der Waals surface area contributed by atoms with Crippen molar-refractivity contribution in [1.29, 1.82) is 0 Å². The highest BCUT2D eigenvalue weighted by Crippen LogP contribution is 2.26. The summed E-state index contributed by atoms with van der Waals surface area (Å²) in [5.41, 5.74) is 1.19. The van der Waals surface area contributed by atoms with Crippen LogP contribution in [0.2, 0.25) is 0 Å². The molecule has 1 aliphatic rings. The molecule has 1 aromatic carbocycles. The van der Waals surface area contributed by atoms with Crippen LogP contribution in [0.5, 0.6) is 5.75 Å². The number of ether oxygens (including phenoxy) is 1. The van der Waals surface area contributed by atoms with E-state index in [9.17, 15) is 4.21 Å². The van der Waals surface area contributed by atoms with Crippen LogP contribution >= 0.6 is 0 Å². The maximum Gasteiger partial charge on any atom is 0.119 e. The molecule has 118 valence electrons. The Bertz CT molecular complexity index is 441. The van der Waals surface area contributed by atoms with Crippen molar-refractivity contribution in [2.75, 3.05) is 19.4 Å². The van der Waals surface area contributed by atoms with Gasteiger partial charge in [-0.05, 0) is 44.0 Å². The summed E-state index contributed by atoms with van der Waals surface area (Å²) in [5.74, 6) is 1.61. The van der Waals surface area contributed by atoms with E-state index in [2.05, 4.69) is 24.4 Å². The van der Waals surface area contributed by atoms with Gasteiger partial charge in [-0.2, -0.15) is 0 Å². The first kappa shape index (κ1) is 16.5. The number of hydrogen-bond acceptors (Lipinski definition) is 3. The Hall–Kier alpha value is -0.870. The van der Waals surface area contributed by atoms with Crippen molar-refractivity contribution in [3.63, 3.8) is 0 Å². The summed E-state index contributed by atoms with van der Waals surface area (Å²) >= 11 is 0. The van der Waals surface area contributed by atoms with Crippen molar-refractivity contribution in [3.8, 4) is 5.75 Å². The monoisotopic (exact) mass is 309 g/mol. The van der Waals surface area contributed by atoms with E-state index in [1.165, 1.54) is 18.4 Å². The van der Waals surface area contributed by atoms with Gasteiger partial charge in [0.05, 0.1) is 6.61 Å². The van der Waals surface area contributed by atoms with Gasteiger partial charge in [-0.15, -0.1) is 0 Å². The van der Waals surface area contributed by atoms with E-state index < -0.39 is 10.8 Å². The van der Waals surface area contributed by atoms with Gasteiger partial charge in [-0.1, -0.05) is 31.9 Å². The van der Waals surface area contributed by atoms with E-state index >= 15 is 0 Å². The van der Waals surface area contributed by atoms with Crippen LogP contribution in [-0.2, 0) is 10.8 Å². The fraction of sp³-hybridized carbons (Fsp3) is 0.647. The normalized spacial score (nSPS) is 18.6. The minimum atomic E-state index is -0.730. The molecule has 0 bridgehead atoms. The largest absolute Gasteiger partial charge is 0.494 e. The maximum atomic E-state index is 12.4. The molecule has 3 nitrogen and oxygen atoms in total. The van der Waals surface area contributed by atoms with E-state index in [0.717, 1.165) is 31.6 Å². The second-order valence-corrected chi connectivity index (χ2v) is 7.47. The van der Waals surface area contributed by atoms with Crippen molar-refractivity contribution in [3.05, 3.63) is 29.8 Å². The van der Waals surface area contributed by atoms with E-state index in [-0.39, 0.29) is 6.04 Å². The number of rotatable bonds is 8. The van der Waals surface area contributed by atoms with Crippen molar-refractivity contribution in [2.24, 2.45) is 0 Å². The van der Waals surface area contributed by atoms with Crippen LogP contribution in [0.3, 0.4) is 0 Å². The van der Waals surface area contributed by atoms with Crippen LogP contribution in [0.15, 0.2) is 24.3 Å². The highest BCUT2D eigenvalue weighted by Gasteiger charge is 2.24. The average Bonchev–Trinajstić information content (AvgIpc) is 3.05. The highest BCUT2D eigenvalue weighted by molar-refractivity contribution is 7.85. The molecule has 4 heteroatoms. The summed E-state index contributed by atoms with van der Waals surface area (Å²) in [6, 6.07) is 8.34. The molecule has 21 heavy (non-hydrogen) atoms. The fourth-order valence-corrected chi connectivity index (χ4v) is 4.63. The first-order chi connectivity index (χ1) is 10.2. The molecule has 2 unspecified atom stereocenters. The Morgan fingerprint density at radius 2 is 1.95 bits per heavy atom. The van der Waals surface area contributed by atoms with Gasteiger partial charge in [0.15, 0.2) is 0 Å². The molecule has 2 rings (SSSR count). The third kappa shape index (κ3) is 4.82. The second kappa shape index (κ2) is 8.54. The molecule has 0 radical (unpaired) electrons. The average molecular weight is 309 g/mol. The van der Waals surface area contributed by atoms with Crippen LogP contribution in [-0.4, -0.2) is 28.9 Å². The Morgan fingerprint density at radius 1 is 1.29 bits per heavy atom. The predicted octanol–water partition coefficient (Wildman–Crippen LogP) is 3.43. The maximum absolute atomic E-state index is 12.4. The quantitative estimate of drug-likeness (QED) is 0.799. The molecule has 1 aromatic rings. The van der Waals surface area contributed by atoms with E-state index in [0.29, 0.717) is 11.0 Å². The van der Waals surface area contributed by atoms with Gasteiger partial charge in [-0.3, -0.25) is 4.21 Å². The molecular weight excluding hydrogens is 282 g/mol. The van der Waals surface area contributed by atoms with E-state index in [1.54, 1.807) is 0 Å². The van der Waals surface area contributed by atoms with Crippen LogP contribution in [0.25, 0.3) is 0 Å². The molecule has 0 aliphatic heterocycles. The van der Waals surface area contributed by atoms with Gasteiger partial charge < -0.3 is 10.1 Å². The highest BCUT2D eigenvalue weighted by atomic mass is 32.2. The summed E-state index contributed by atoms with van der Waals surface area (Å²) in [4.78, 5) is 0. The summed E-state index contributed by atoms with van der Waals surface area (Å²) in [7, 11) is 1.21. The molecule has 0 aromatic heterocycles. The lowest BCUT2D eigenvalue weighted by atomic mass is 10.1. The summed E-state index contributed by atoms with van der Waals surface area (Å²) < 4.78 is 18.0. The van der Waals surface area contributed by atoms with Crippen molar-refractivity contribution in [1.82, 2.24) is 5.32 Å². The molecule has 0 saturated heterocycles. The second-order valence-electron chi connectivity index (χ2n) is 5.71. The third-order valence-corrected chi connectivity index (χ3v) is 5.99. The fourth-order valence-electron chi connectivity index (χ4n) is 2.81. The van der Waals surface area contributed by atoms with Gasteiger partial charge in [-0.25, -0.2) is 0 Å². The Kier molecular flexibility index (Phi) is 6.71.